The molecule has 6 nitrogen and oxygen atoms in total. The summed E-state index contributed by atoms with van der Waals surface area (Å²) in [5, 5.41) is 7.04. The first-order valence-corrected chi connectivity index (χ1v) is 8.38. The summed E-state index contributed by atoms with van der Waals surface area (Å²) in [5.74, 6) is 0.385. The maximum absolute atomic E-state index is 13.3. The van der Waals surface area contributed by atoms with Crippen molar-refractivity contribution >= 4 is 6.03 Å². The topological polar surface area (TPSA) is 63.1 Å². The molecule has 0 spiro atoms. The highest BCUT2D eigenvalue weighted by molar-refractivity contribution is 5.74. The van der Waals surface area contributed by atoms with Crippen LogP contribution in [0.2, 0.25) is 0 Å². The van der Waals surface area contributed by atoms with Gasteiger partial charge in [0.1, 0.15) is 5.82 Å². The molecule has 0 bridgehead atoms. The van der Waals surface area contributed by atoms with Gasteiger partial charge in [0, 0.05) is 38.2 Å². The molecule has 0 atom stereocenters. The Morgan fingerprint density at radius 2 is 2.08 bits per heavy atom. The number of nitrogens with one attached hydrogen (secondary N) is 1. The van der Waals surface area contributed by atoms with Gasteiger partial charge >= 0.3 is 6.03 Å². The van der Waals surface area contributed by atoms with Gasteiger partial charge in [-0.1, -0.05) is 12.1 Å². The highest BCUT2D eigenvalue weighted by Gasteiger charge is 2.12. The molecule has 2 aromatic heterocycles. The van der Waals surface area contributed by atoms with E-state index < -0.39 is 0 Å². The van der Waals surface area contributed by atoms with Gasteiger partial charge in [0.15, 0.2) is 5.82 Å². The van der Waals surface area contributed by atoms with E-state index in [1.165, 1.54) is 12.1 Å². The number of rotatable bonds is 6. The van der Waals surface area contributed by atoms with E-state index in [1.807, 2.05) is 31.3 Å². The van der Waals surface area contributed by atoms with E-state index in [-0.39, 0.29) is 11.8 Å². The van der Waals surface area contributed by atoms with Crippen molar-refractivity contribution in [2.45, 2.75) is 20.0 Å². The van der Waals surface area contributed by atoms with Crippen LogP contribution in [0.1, 0.15) is 18.1 Å². The Kier molecular flexibility index (Phi) is 5.58. The lowest BCUT2D eigenvalue weighted by Gasteiger charge is -2.21. The summed E-state index contributed by atoms with van der Waals surface area (Å²) >= 11 is 0. The monoisotopic (exact) mass is 353 g/mol. The van der Waals surface area contributed by atoms with Crippen LogP contribution in [0.5, 0.6) is 0 Å². The van der Waals surface area contributed by atoms with Gasteiger partial charge in [-0.05, 0) is 48.4 Å². The minimum absolute atomic E-state index is 0.200. The van der Waals surface area contributed by atoms with Gasteiger partial charge < -0.3 is 10.2 Å². The molecule has 7 heteroatoms. The largest absolute Gasteiger partial charge is 0.334 e. The van der Waals surface area contributed by atoms with Gasteiger partial charge in [-0.3, -0.25) is 0 Å². The van der Waals surface area contributed by atoms with Gasteiger partial charge in [-0.2, -0.15) is 5.10 Å². The minimum Gasteiger partial charge on any atom is -0.334 e. The first kappa shape index (κ1) is 17.6. The summed E-state index contributed by atoms with van der Waals surface area (Å²) in [7, 11) is 0. The fourth-order valence-electron chi connectivity index (χ4n) is 2.57. The molecule has 0 aliphatic heterocycles. The van der Waals surface area contributed by atoms with Crippen molar-refractivity contribution in [1.82, 2.24) is 25.0 Å². The van der Waals surface area contributed by atoms with Crippen LogP contribution in [0.25, 0.3) is 5.82 Å². The Hall–Kier alpha value is -3.22. The van der Waals surface area contributed by atoms with Crippen LogP contribution in [-0.4, -0.2) is 32.2 Å². The fraction of sp³-hybridized carbons (Fsp3) is 0.211. The maximum Gasteiger partial charge on any atom is 0.317 e. The number of hydrogen-bond acceptors (Lipinski definition) is 3. The second-order valence-corrected chi connectivity index (χ2v) is 5.78. The summed E-state index contributed by atoms with van der Waals surface area (Å²) in [6.07, 6.45) is 5.17. The number of urea groups is 1. The average Bonchev–Trinajstić information content (AvgIpc) is 3.19. The third kappa shape index (κ3) is 4.44. The van der Waals surface area contributed by atoms with Gasteiger partial charge in [0.25, 0.3) is 0 Å². The number of nitrogens with zero attached hydrogens (tertiary/aromatic N) is 4. The van der Waals surface area contributed by atoms with Crippen LogP contribution in [-0.2, 0) is 13.1 Å². The zero-order chi connectivity index (χ0) is 18.4. The molecule has 26 heavy (non-hydrogen) atoms. The van der Waals surface area contributed by atoms with Crippen LogP contribution in [0.15, 0.2) is 61.1 Å². The molecule has 0 saturated heterocycles. The van der Waals surface area contributed by atoms with Crippen LogP contribution in [0.4, 0.5) is 9.18 Å². The first-order valence-electron chi connectivity index (χ1n) is 8.38. The predicted octanol–water partition coefficient (Wildman–Crippen LogP) is 3.14. The van der Waals surface area contributed by atoms with Crippen LogP contribution >= 0.6 is 0 Å². The molecule has 0 fully saturated rings. The van der Waals surface area contributed by atoms with E-state index in [4.69, 9.17) is 0 Å². The van der Waals surface area contributed by atoms with Crippen molar-refractivity contribution in [2.24, 2.45) is 0 Å². The quantitative estimate of drug-likeness (QED) is 0.740. The molecule has 3 rings (SSSR count). The smallest absolute Gasteiger partial charge is 0.317 e. The van der Waals surface area contributed by atoms with E-state index in [0.29, 0.717) is 25.5 Å². The molecule has 1 N–H and O–H groups in total. The molecule has 0 aliphatic carbocycles. The molecule has 0 unspecified atom stereocenters. The second kappa shape index (κ2) is 8.24. The lowest BCUT2D eigenvalue weighted by atomic mass is 10.2. The highest BCUT2D eigenvalue weighted by atomic mass is 19.1. The van der Waals surface area contributed by atoms with Crippen molar-refractivity contribution < 1.29 is 9.18 Å². The van der Waals surface area contributed by atoms with E-state index in [2.05, 4.69) is 15.4 Å². The van der Waals surface area contributed by atoms with E-state index in [9.17, 15) is 9.18 Å². The van der Waals surface area contributed by atoms with Crippen molar-refractivity contribution in [3.8, 4) is 5.82 Å². The Bertz CT molecular complexity index is 866. The lowest BCUT2D eigenvalue weighted by Crippen LogP contribution is -2.39. The summed E-state index contributed by atoms with van der Waals surface area (Å²) in [6, 6.07) is 11.6. The Morgan fingerprint density at radius 3 is 2.81 bits per heavy atom. The number of carbonyl (C=O) groups excluding carboxylic acids is 1. The molecule has 0 saturated carbocycles. The third-order valence-corrected chi connectivity index (χ3v) is 3.92. The zero-order valence-corrected chi connectivity index (χ0v) is 14.5. The summed E-state index contributed by atoms with van der Waals surface area (Å²) in [5.41, 5.74) is 1.67. The average molecular weight is 353 g/mol. The summed E-state index contributed by atoms with van der Waals surface area (Å²) in [6.45, 7) is 3.14. The van der Waals surface area contributed by atoms with Gasteiger partial charge in [0.2, 0.25) is 0 Å². The van der Waals surface area contributed by atoms with E-state index >= 15 is 0 Å². The van der Waals surface area contributed by atoms with E-state index in [0.717, 1.165) is 11.1 Å². The SMILES string of the molecule is CCN(Cc1cccc(F)c1)C(=O)NCc1ccnc(-n2cccn2)c1. The Morgan fingerprint density at radius 1 is 1.19 bits per heavy atom. The normalized spacial score (nSPS) is 10.5. The molecule has 3 aromatic rings. The maximum atomic E-state index is 13.3. The number of pyridine rings is 1. The molecule has 0 radical (unpaired) electrons. The number of amides is 2. The predicted molar refractivity (Wildman–Crippen MR) is 96.1 cm³/mol. The molecule has 2 heterocycles. The van der Waals surface area contributed by atoms with Crippen molar-refractivity contribution in [2.75, 3.05) is 6.54 Å². The molecular weight excluding hydrogens is 333 g/mol. The van der Waals surface area contributed by atoms with Gasteiger partial charge in [-0.25, -0.2) is 18.9 Å². The Balaban J connectivity index is 1.61. The van der Waals surface area contributed by atoms with Crippen LogP contribution in [0.3, 0.4) is 0 Å². The lowest BCUT2D eigenvalue weighted by molar-refractivity contribution is 0.197. The number of carbonyl (C=O) groups is 1. The second-order valence-electron chi connectivity index (χ2n) is 5.78. The number of hydrogen-bond donors (Lipinski definition) is 1. The molecule has 134 valence electrons. The van der Waals surface area contributed by atoms with E-state index in [1.54, 1.807) is 34.1 Å². The van der Waals surface area contributed by atoms with Crippen LogP contribution < -0.4 is 5.32 Å². The summed E-state index contributed by atoms with van der Waals surface area (Å²) in [4.78, 5) is 18.3. The first-order chi connectivity index (χ1) is 12.7. The number of aromatic nitrogens is 3. The molecule has 1 aromatic carbocycles. The van der Waals surface area contributed by atoms with Crippen molar-refractivity contribution in [3.05, 3.63) is 78.0 Å². The third-order valence-electron chi connectivity index (χ3n) is 3.92. The van der Waals surface area contributed by atoms with Crippen LogP contribution in [0, 0.1) is 5.82 Å². The molecular formula is C19H20FN5O. The molecule has 2 amide bonds. The Labute approximate surface area is 151 Å². The van der Waals surface area contributed by atoms with Gasteiger partial charge in [0.05, 0.1) is 0 Å². The highest BCUT2D eigenvalue weighted by Crippen LogP contribution is 2.09. The zero-order valence-electron chi connectivity index (χ0n) is 14.5. The van der Waals surface area contributed by atoms with Gasteiger partial charge in [-0.15, -0.1) is 0 Å². The van der Waals surface area contributed by atoms with Crippen molar-refractivity contribution in [3.63, 3.8) is 0 Å². The number of halogens is 1. The minimum atomic E-state index is -0.304. The standard InChI is InChI=1S/C19H20FN5O/c1-2-24(14-16-5-3-6-17(20)11-16)19(26)22-13-15-7-9-21-18(12-15)25-10-4-8-23-25/h3-12H,2,13-14H2,1H3,(H,22,26). The molecule has 0 aliphatic rings. The number of benzene rings is 1. The van der Waals surface area contributed by atoms with Crippen molar-refractivity contribution in [1.29, 1.82) is 0 Å². The fourth-order valence-corrected chi connectivity index (χ4v) is 2.57. The summed E-state index contributed by atoms with van der Waals surface area (Å²) < 4.78 is 15.0.